The zero-order chi connectivity index (χ0) is 21.2. The summed E-state index contributed by atoms with van der Waals surface area (Å²) in [6, 6.07) is 9.82. The molecule has 0 saturated carbocycles. The summed E-state index contributed by atoms with van der Waals surface area (Å²) in [6.45, 7) is 7.90. The molecule has 7 nitrogen and oxygen atoms in total. The quantitative estimate of drug-likeness (QED) is 0.433. The lowest BCUT2D eigenvalue weighted by Crippen LogP contribution is -2.39. The Morgan fingerprint density at radius 1 is 1.30 bits per heavy atom. The van der Waals surface area contributed by atoms with E-state index in [4.69, 9.17) is 9.47 Å². The van der Waals surface area contributed by atoms with Crippen LogP contribution in [0, 0.1) is 12.8 Å². The van der Waals surface area contributed by atoms with E-state index in [0.29, 0.717) is 31.6 Å². The van der Waals surface area contributed by atoms with Crippen molar-refractivity contribution < 1.29 is 14.6 Å². The molecule has 30 heavy (non-hydrogen) atoms. The van der Waals surface area contributed by atoms with E-state index >= 15 is 0 Å². The van der Waals surface area contributed by atoms with Crippen molar-refractivity contribution in [2.75, 3.05) is 32.9 Å². The highest BCUT2D eigenvalue weighted by molar-refractivity contribution is 5.79. The van der Waals surface area contributed by atoms with Crippen LogP contribution in [0.1, 0.15) is 36.1 Å². The zero-order valence-electron chi connectivity index (χ0n) is 17.8. The van der Waals surface area contributed by atoms with E-state index in [1.165, 1.54) is 0 Å². The first kappa shape index (κ1) is 22.1. The summed E-state index contributed by atoms with van der Waals surface area (Å²) in [7, 11) is 0. The monoisotopic (exact) mass is 412 g/mol. The number of pyridine rings is 1. The van der Waals surface area contributed by atoms with Crippen LogP contribution in [0.4, 0.5) is 0 Å². The van der Waals surface area contributed by atoms with Gasteiger partial charge in [0.2, 0.25) is 0 Å². The molecule has 3 rings (SSSR count). The van der Waals surface area contributed by atoms with Crippen LogP contribution in [0.15, 0.2) is 47.7 Å². The highest BCUT2D eigenvalue weighted by atomic mass is 16.5. The van der Waals surface area contributed by atoms with Crippen molar-refractivity contribution in [2.45, 2.75) is 32.9 Å². The molecule has 1 aromatic carbocycles. The molecule has 3 N–H and O–H groups in total. The molecule has 1 aliphatic rings. The number of rotatable bonds is 9. The number of ether oxygens (including phenoxy) is 2. The molecule has 0 radical (unpaired) electrons. The largest absolute Gasteiger partial charge is 0.493 e. The van der Waals surface area contributed by atoms with Crippen LogP contribution >= 0.6 is 0 Å². The van der Waals surface area contributed by atoms with Crippen LogP contribution < -0.4 is 15.4 Å². The predicted octanol–water partition coefficient (Wildman–Crippen LogP) is 2.59. The van der Waals surface area contributed by atoms with Crippen molar-refractivity contribution in [2.24, 2.45) is 10.9 Å². The van der Waals surface area contributed by atoms with Gasteiger partial charge in [0, 0.05) is 43.6 Å². The van der Waals surface area contributed by atoms with Crippen LogP contribution in [0.25, 0.3) is 0 Å². The second kappa shape index (κ2) is 11.5. The highest BCUT2D eigenvalue weighted by Crippen LogP contribution is 2.23. The first-order valence-electron chi connectivity index (χ1n) is 10.6. The third-order valence-corrected chi connectivity index (χ3v) is 5.03. The van der Waals surface area contributed by atoms with Gasteiger partial charge >= 0.3 is 0 Å². The molecule has 1 aromatic heterocycles. The Labute approximate surface area is 178 Å². The number of benzene rings is 1. The van der Waals surface area contributed by atoms with E-state index in [-0.39, 0.29) is 0 Å². The van der Waals surface area contributed by atoms with E-state index < -0.39 is 6.10 Å². The molecule has 2 aromatic rings. The number of aliphatic hydroxyl groups excluding tert-OH is 1. The van der Waals surface area contributed by atoms with Crippen molar-refractivity contribution >= 4 is 5.96 Å². The molecule has 0 spiro atoms. The standard InChI is InChI=1S/C23H32N4O3/c1-3-25-23(27-14-21(28)19-6-9-24-10-7-19)26-13-20-5-4-17(2)12-22(20)30-16-18-8-11-29-15-18/h4-7,9-10,12,18,21,28H,3,8,11,13-16H2,1-2H3,(H2,25,26,27). The Kier molecular flexibility index (Phi) is 8.47. The SMILES string of the molecule is CCNC(=NCc1ccc(C)cc1OCC1CCOC1)NCC(O)c1ccncc1. The van der Waals surface area contributed by atoms with Gasteiger partial charge in [-0.1, -0.05) is 12.1 Å². The normalized spacial score (nSPS) is 17.6. The van der Waals surface area contributed by atoms with Crippen molar-refractivity contribution in [3.05, 3.63) is 59.4 Å². The number of aliphatic imine (C=N–C) groups is 1. The van der Waals surface area contributed by atoms with Gasteiger partial charge in [-0.15, -0.1) is 0 Å². The van der Waals surface area contributed by atoms with Crippen molar-refractivity contribution in [1.29, 1.82) is 0 Å². The predicted molar refractivity (Wildman–Crippen MR) is 118 cm³/mol. The molecule has 2 atom stereocenters. The Bertz CT molecular complexity index is 807. The Balaban J connectivity index is 1.61. The number of hydrogen-bond acceptors (Lipinski definition) is 5. The molecule has 7 heteroatoms. The van der Waals surface area contributed by atoms with Gasteiger partial charge in [0.25, 0.3) is 0 Å². The summed E-state index contributed by atoms with van der Waals surface area (Å²) in [5.41, 5.74) is 3.01. The van der Waals surface area contributed by atoms with E-state index in [1.54, 1.807) is 12.4 Å². The van der Waals surface area contributed by atoms with Crippen LogP contribution in [-0.2, 0) is 11.3 Å². The van der Waals surface area contributed by atoms with Gasteiger partial charge in [-0.25, -0.2) is 4.99 Å². The first-order chi connectivity index (χ1) is 14.7. The molecule has 0 aliphatic carbocycles. The fourth-order valence-electron chi connectivity index (χ4n) is 3.25. The van der Waals surface area contributed by atoms with Crippen LogP contribution in [0.5, 0.6) is 5.75 Å². The minimum absolute atomic E-state index is 0.356. The topological polar surface area (TPSA) is 88.0 Å². The summed E-state index contributed by atoms with van der Waals surface area (Å²) >= 11 is 0. The molecular formula is C23H32N4O3. The summed E-state index contributed by atoms with van der Waals surface area (Å²) in [5.74, 6) is 1.98. The smallest absolute Gasteiger partial charge is 0.191 e. The molecule has 0 bridgehead atoms. The second-order valence-electron chi connectivity index (χ2n) is 7.52. The summed E-state index contributed by atoms with van der Waals surface area (Å²) < 4.78 is 11.6. The molecular weight excluding hydrogens is 380 g/mol. The molecule has 162 valence electrons. The van der Waals surface area contributed by atoms with E-state index in [1.807, 2.05) is 19.1 Å². The van der Waals surface area contributed by atoms with Gasteiger partial charge in [0.15, 0.2) is 5.96 Å². The summed E-state index contributed by atoms with van der Waals surface area (Å²) in [5, 5.41) is 16.8. The third kappa shape index (κ3) is 6.71. The minimum atomic E-state index is -0.635. The fourth-order valence-corrected chi connectivity index (χ4v) is 3.25. The Hall–Kier alpha value is -2.64. The average Bonchev–Trinajstić information content (AvgIpc) is 3.29. The average molecular weight is 413 g/mol. The Morgan fingerprint density at radius 2 is 2.13 bits per heavy atom. The third-order valence-electron chi connectivity index (χ3n) is 5.03. The molecule has 1 aliphatic heterocycles. The molecule has 2 unspecified atom stereocenters. The Morgan fingerprint density at radius 3 is 2.87 bits per heavy atom. The maximum atomic E-state index is 10.4. The van der Waals surface area contributed by atoms with E-state index in [2.05, 4.69) is 45.7 Å². The lowest BCUT2D eigenvalue weighted by atomic mass is 10.1. The highest BCUT2D eigenvalue weighted by Gasteiger charge is 2.17. The fraction of sp³-hybridized carbons (Fsp3) is 0.478. The van der Waals surface area contributed by atoms with Gasteiger partial charge < -0.3 is 25.2 Å². The lowest BCUT2D eigenvalue weighted by molar-refractivity contribution is 0.166. The molecule has 1 saturated heterocycles. The maximum absolute atomic E-state index is 10.4. The number of guanidine groups is 1. The number of nitrogens with one attached hydrogen (secondary N) is 2. The van der Waals surface area contributed by atoms with Crippen LogP contribution in [0.2, 0.25) is 0 Å². The second-order valence-corrected chi connectivity index (χ2v) is 7.52. The summed E-state index contributed by atoms with van der Waals surface area (Å²) in [4.78, 5) is 8.67. The number of nitrogens with zero attached hydrogens (tertiary/aromatic N) is 2. The minimum Gasteiger partial charge on any atom is -0.493 e. The molecule has 2 heterocycles. The maximum Gasteiger partial charge on any atom is 0.191 e. The zero-order valence-corrected chi connectivity index (χ0v) is 17.8. The van der Waals surface area contributed by atoms with Crippen molar-refractivity contribution in [3.8, 4) is 5.75 Å². The van der Waals surface area contributed by atoms with Gasteiger partial charge in [-0.05, 0) is 49.6 Å². The van der Waals surface area contributed by atoms with Crippen LogP contribution in [0.3, 0.4) is 0 Å². The van der Waals surface area contributed by atoms with Gasteiger partial charge in [0.1, 0.15) is 5.75 Å². The van der Waals surface area contributed by atoms with Crippen molar-refractivity contribution in [1.82, 2.24) is 15.6 Å². The summed E-state index contributed by atoms with van der Waals surface area (Å²) in [6.07, 6.45) is 3.76. The van der Waals surface area contributed by atoms with Gasteiger partial charge in [-0.3, -0.25) is 4.98 Å². The molecule has 0 amide bonds. The van der Waals surface area contributed by atoms with Crippen LogP contribution in [-0.4, -0.2) is 49.0 Å². The van der Waals surface area contributed by atoms with Gasteiger partial charge in [0.05, 0.1) is 25.9 Å². The first-order valence-corrected chi connectivity index (χ1v) is 10.6. The van der Waals surface area contributed by atoms with E-state index in [0.717, 1.165) is 48.6 Å². The van der Waals surface area contributed by atoms with Crippen molar-refractivity contribution in [3.63, 3.8) is 0 Å². The number of hydrogen-bond donors (Lipinski definition) is 3. The van der Waals surface area contributed by atoms with Gasteiger partial charge in [-0.2, -0.15) is 0 Å². The number of aliphatic hydroxyl groups is 1. The molecule has 1 fully saturated rings. The van der Waals surface area contributed by atoms with E-state index in [9.17, 15) is 5.11 Å². The lowest BCUT2D eigenvalue weighted by Gasteiger charge is -2.16. The number of aromatic nitrogens is 1. The number of aryl methyl sites for hydroxylation is 1.